The van der Waals surface area contributed by atoms with Crippen molar-refractivity contribution in [2.45, 2.75) is 24.0 Å². The predicted octanol–water partition coefficient (Wildman–Crippen LogP) is 4.92. The molecule has 2 N–H and O–H groups in total. The second-order valence-corrected chi connectivity index (χ2v) is 8.41. The summed E-state index contributed by atoms with van der Waals surface area (Å²) < 4.78 is 18.8. The van der Waals surface area contributed by atoms with Crippen LogP contribution in [0.15, 0.2) is 53.6 Å². The molecule has 4 rings (SSSR count). The zero-order chi connectivity index (χ0) is 20.9. The van der Waals surface area contributed by atoms with E-state index in [0.29, 0.717) is 22.4 Å². The minimum absolute atomic E-state index is 0.0658. The number of amides is 1. The van der Waals surface area contributed by atoms with Crippen molar-refractivity contribution in [2.75, 3.05) is 18.9 Å². The van der Waals surface area contributed by atoms with E-state index in [1.54, 1.807) is 24.3 Å². The van der Waals surface area contributed by atoms with E-state index in [1.165, 1.54) is 23.9 Å². The first-order valence-electron chi connectivity index (χ1n) is 9.71. The Bertz CT molecular complexity index is 1000. The van der Waals surface area contributed by atoms with Gasteiger partial charge < -0.3 is 15.0 Å². The number of ether oxygens (including phenoxy) is 1. The molecule has 8 heteroatoms. The van der Waals surface area contributed by atoms with Gasteiger partial charge in [-0.2, -0.15) is 0 Å². The van der Waals surface area contributed by atoms with Gasteiger partial charge in [0.15, 0.2) is 0 Å². The SMILES string of the molecule is O=C(CSc1nc(-c2ccc(F)cc2)[nH]c1-c1ccc(Cl)cc1)NC[C@H]1CCCO1. The normalized spacial score (nSPS) is 16.0. The van der Waals surface area contributed by atoms with Crippen LogP contribution in [0.3, 0.4) is 0 Å². The number of H-pyrrole nitrogens is 1. The molecule has 0 spiro atoms. The highest BCUT2D eigenvalue weighted by molar-refractivity contribution is 8.00. The molecule has 30 heavy (non-hydrogen) atoms. The van der Waals surface area contributed by atoms with Gasteiger partial charge in [-0.15, -0.1) is 0 Å². The van der Waals surface area contributed by atoms with E-state index in [1.807, 2.05) is 12.1 Å². The number of thioether (sulfide) groups is 1. The molecule has 1 fully saturated rings. The van der Waals surface area contributed by atoms with Gasteiger partial charge in [0.1, 0.15) is 16.7 Å². The summed E-state index contributed by atoms with van der Waals surface area (Å²) in [6, 6.07) is 13.5. The molecule has 0 aliphatic carbocycles. The van der Waals surface area contributed by atoms with Crippen LogP contribution in [0.25, 0.3) is 22.6 Å². The Morgan fingerprint density at radius 1 is 1.20 bits per heavy atom. The maximum absolute atomic E-state index is 13.3. The average molecular weight is 446 g/mol. The lowest BCUT2D eigenvalue weighted by atomic mass is 10.2. The molecular weight excluding hydrogens is 425 g/mol. The van der Waals surface area contributed by atoms with Gasteiger partial charge in [0.2, 0.25) is 5.91 Å². The van der Waals surface area contributed by atoms with Crippen LogP contribution < -0.4 is 5.32 Å². The lowest BCUT2D eigenvalue weighted by Gasteiger charge is -2.10. The summed E-state index contributed by atoms with van der Waals surface area (Å²) in [6.07, 6.45) is 2.13. The van der Waals surface area contributed by atoms with E-state index in [0.717, 1.165) is 36.3 Å². The summed E-state index contributed by atoms with van der Waals surface area (Å²) in [5.41, 5.74) is 2.46. The number of imidazole rings is 1. The third-order valence-corrected chi connectivity index (χ3v) is 6.04. The standard InChI is InChI=1S/C22H21ClFN3O2S/c23-16-7-3-14(4-8-16)20-22(27-21(26-20)15-5-9-17(24)10-6-15)30-13-19(28)25-12-18-2-1-11-29-18/h3-10,18H,1-2,11-13H2,(H,25,28)(H,26,27)/t18-/m1/s1. The number of aromatic amines is 1. The first-order valence-corrected chi connectivity index (χ1v) is 11.1. The van der Waals surface area contributed by atoms with Crippen molar-refractivity contribution in [3.63, 3.8) is 0 Å². The van der Waals surface area contributed by atoms with Crippen molar-refractivity contribution in [3.8, 4) is 22.6 Å². The largest absolute Gasteiger partial charge is 0.376 e. The number of carbonyl (C=O) groups excluding carboxylic acids is 1. The molecule has 1 saturated heterocycles. The first kappa shape index (κ1) is 20.9. The fourth-order valence-corrected chi connectivity index (χ4v) is 4.20. The van der Waals surface area contributed by atoms with E-state index in [4.69, 9.17) is 16.3 Å². The summed E-state index contributed by atoms with van der Waals surface area (Å²) >= 11 is 7.37. The molecule has 2 heterocycles. The maximum atomic E-state index is 13.3. The smallest absolute Gasteiger partial charge is 0.230 e. The zero-order valence-corrected chi connectivity index (χ0v) is 17.7. The molecule has 1 aliphatic heterocycles. The number of aromatic nitrogens is 2. The quantitative estimate of drug-likeness (QED) is 0.506. The summed E-state index contributed by atoms with van der Waals surface area (Å²) in [6.45, 7) is 1.30. The third kappa shape index (κ3) is 5.22. The second kappa shape index (κ2) is 9.64. The molecule has 1 atom stereocenters. The van der Waals surface area contributed by atoms with Crippen LogP contribution in [0.2, 0.25) is 5.02 Å². The van der Waals surface area contributed by atoms with Crippen molar-refractivity contribution < 1.29 is 13.9 Å². The third-order valence-electron chi connectivity index (χ3n) is 4.81. The summed E-state index contributed by atoms with van der Waals surface area (Å²) in [5.74, 6) is 0.480. The fraction of sp³-hybridized carbons (Fsp3) is 0.273. The number of halogens is 2. The van der Waals surface area contributed by atoms with Crippen LogP contribution in [0.4, 0.5) is 4.39 Å². The number of rotatable bonds is 7. The topological polar surface area (TPSA) is 67.0 Å². The molecule has 1 amide bonds. The van der Waals surface area contributed by atoms with Gasteiger partial charge in [0, 0.05) is 29.3 Å². The Morgan fingerprint density at radius 2 is 1.93 bits per heavy atom. The molecule has 156 valence electrons. The van der Waals surface area contributed by atoms with Crippen LogP contribution in [-0.2, 0) is 9.53 Å². The highest BCUT2D eigenvalue weighted by Crippen LogP contribution is 2.33. The molecular formula is C22H21ClFN3O2S. The first-order chi connectivity index (χ1) is 14.6. The summed E-state index contributed by atoms with van der Waals surface area (Å²) in [4.78, 5) is 20.3. The Balaban J connectivity index is 1.51. The van der Waals surface area contributed by atoms with Crippen LogP contribution in [0.5, 0.6) is 0 Å². The fourth-order valence-electron chi connectivity index (χ4n) is 3.24. The number of nitrogens with one attached hydrogen (secondary N) is 2. The number of carbonyl (C=O) groups is 1. The van der Waals surface area contributed by atoms with E-state index < -0.39 is 0 Å². The number of hydrogen-bond acceptors (Lipinski definition) is 4. The van der Waals surface area contributed by atoms with Crippen molar-refractivity contribution in [3.05, 3.63) is 59.4 Å². The number of nitrogens with zero attached hydrogens (tertiary/aromatic N) is 1. The Kier molecular flexibility index (Phi) is 6.72. The molecule has 0 saturated carbocycles. The molecule has 0 unspecified atom stereocenters. The molecule has 0 bridgehead atoms. The molecule has 0 radical (unpaired) electrons. The number of hydrogen-bond donors (Lipinski definition) is 2. The summed E-state index contributed by atoms with van der Waals surface area (Å²) in [5, 5.41) is 4.26. The van der Waals surface area contributed by atoms with Crippen LogP contribution in [0.1, 0.15) is 12.8 Å². The van der Waals surface area contributed by atoms with E-state index >= 15 is 0 Å². The van der Waals surface area contributed by atoms with Gasteiger partial charge in [0.25, 0.3) is 0 Å². The molecule has 1 aromatic heterocycles. The summed E-state index contributed by atoms with van der Waals surface area (Å²) in [7, 11) is 0. The Hall–Kier alpha value is -2.35. The van der Waals surface area contributed by atoms with Gasteiger partial charge in [-0.3, -0.25) is 4.79 Å². The van der Waals surface area contributed by atoms with Crippen molar-refractivity contribution >= 4 is 29.3 Å². The molecule has 1 aliphatic rings. The van der Waals surface area contributed by atoms with Crippen molar-refractivity contribution in [2.24, 2.45) is 0 Å². The molecule has 3 aromatic rings. The lowest BCUT2D eigenvalue weighted by molar-refractivity contribution is -0.119. The monoisotopic (exact) mass is 445 g/mol. The minimum Gasteiger partial charge on any atom is -0.376 e. The van der Waals surface area contributed by atoms with E-state index in [2.05, 4.69) is 15.3 Å². The second-order valence-electron chi connectivity index (χ2n) is 7.01. The lowest BCUT2D eigenvalue weighted by Crippen LogP contribution is -2.32. The van der Waals surface area contributed by atoms with Gasteiger partial charge in [0.05, 0.1) is 17.6 Å². The zero-order valence-electron chi connectivity index (χ0n) is 16.2. The van der Waals surface area contributed by atoms with Crippen molar-refractivity contribution in [1.29, 1.82) is 0 Å². The highest BCUT2D eigenvalue weighted by Gasteiger charge is 2.18. The predicted molar refractivity (Wildman–Crippen MR) is 117 cm³/mol. The number of benzene rings is 2. The van der Waals surface area contributed by atoms with Crippen LogP contribution in [-0.4, -0.2) is 40.9 Å². The van der Waals surface area contributed by atoms with Gasteiger partial charge >= 0.3 is 0 Å². The highest BCUT2D eigenvalue weighted by atomic mass is 35.5. The van der Waals surface area contributed by atoms with Crippen LogP contribution >= 0.6 is 23.4 Å². The molecule has 5 nitrogen and oxygen atoms in total. The van der Waals surface area contributed by atoms with Gasteiger partial charge in [-0.25, -0.2) is 9.37 Å². The Morgan fingerprint density at radius 3 is 2.63 bits per heavy atom. The Labute approximate surface area is 183 Å². The molecule has 2 aromatic carbocycles. The van der Waals surface area contributed by atoms with E-state index in [9.17, 15) is 9.18 Å². The van der Waals surface area contributed by atoms with Gasteiger partial charge in [-0.1, -0.05) is 35.5 Å². The van der Waals surface area contributed by atoms with Gasteiger partial charge in [-0.05, 0) is 49.2 Å². The maximum Gasteiger partial charge on any atom is 0.230 e. The average Bonchev–Trinajstić information content (AvgIpc) is 3.42. The minimum atomic E-state index is -0.305. The van der Waals surface area contributed by atoms with Crippen LogP contribution in [0, 0.1) is 5.82 Å². The van der Waals surface area contributed by atoms with E-state index in [-0.39, 0.29) is 23.6 Å². The van der Waals surface area contributed by atoms with Crippen molar-refractivity contribution in [1.82, 2.24) is 15.3 Å².